The molecule has 0 saturated heterocycles. The maximum Gasteiger partial charge on any atom is -0.00266 e. The van der Waals surface area contributed by atoms with Gasteiger partial charge in [-0.2, -0.15) is 0 Å². The quantitative estimate of drug-likeness (QED) is 0.183. The summed E-state index contributed by atoms with van der Waals surface area (Å²) < 4.78 is 0. The molecule has 30 heavy (non-hydrogen) atoms. The molecule has 0 fully saturated rings. The first kappa shape index (κ1) is 16.0. The normalized spacial score (nSPS) is 12.0. The van der Waals surface area contributed by atoms with E-state index in [9.17, 15) is 0 Å². The Kier molecular flexibility index (Phi) is 3.09. The zero-order valence-corrected chi connectivity index (χ0v) is 16.4. The molecule has 0 saturated carbocycles. The van der Waals surface area contributed by atoms with Gasteiger partial charge in [-0.15, -0.1) is 0 Å². The van der Waals surface area contributed by atoms with E-state index in [0.29, 0.717) is 0 Å². The molecule has 0 atom stereocenters. The summed E-state index contributed by atoms with van der Waals surface area (Å²) >= 11 is 0. The Morgan fingerprint density at radius 1 is 0.267 bits per heavy atom. The molecule has 0 unspecified atom stereocenters. The van der Waals surface area contributed by atoms with Crippen molar-refractivity contribution in [3.8, 4) is 0 Å². The molecule has 0 N–H and O–H groups in total. The van der Waals surface area contributed by atoms with Crippen LogP contribution in [0.15, 0.2) is 109 Å². The van der Waals surface area contributed by atoms with E-state index in [-0.39, 0.29) is 0 Å². The zero-order chi connectivity index (χ0) is 19.7. The summed E-state index contributed by atoms with van der Waals surface area (Å²) in [6.07, 6.45) is 0. The number of benzene rings is 7. The van der Waals surface area contributed by atoms with Crippen LogP contribution in [0.2, 0.25) is 0 Å². The summed E-state index contributed by atoms with van der Waals surface area (Å²) in [6, 6.07) is 40.1. The molecule has 7 rings (SSSR count). The van der Waals surface area contributed by atoms with Crippen LogP contribution in [0.5, 0.6) is 0 Å². The van der Waals surface area contributed by atoms with Gasteiger partial charge in [0.1, 0.15) is 0 Å². The van der Waals surface area contributed by atoms with Crippen LogP contribution in [0.4, 0.5) is 0 Å². The second-order valence-corrected chi connectivity index (χ2v) is 8.16. The Hall–Kier alpha value is -3.90. The fraction of sp³-hybridized carbons (Fsp3) is 0. The van der Waals surface area contributed by atoms with Gasteiger partial charge in [0.15, 0.2) is 0 Å². The molecule has 0 radical (unpaired) electrons. The van der Waals surface area contributed by atoms with Crippen LogP contribution < -0.4 is 0 Å². The van der Waals surface area contributed by atoms with Crippen molar-refractivity contribution in [2.75, 3.05) is 0 Å². The van der Waals surface area contributed by atoms with Crippen LogP contribution in [0.1, 0.15) is 0 Å². The van der Waals surface area contributed by atoms with Crippen molar-refractivity contribution < 1.29 is 0 Å². The largest absolute Gasteiger partial charge is 0.0616 e. The summed E-state index contributed by atoms with van der Waals surface area (Å²) in [7, 11) is 0. The highest BCUT2D eigenvalue weighted by Crippen LogP contribution is 2.40. The van der Waals surface area contributed by atoms with Gasteiger partial charge in [-0.1, -0.05) is 97.1 Å². The first-order valence-corrected chi connectivity index (χ1v) is 10.5. The number of hydrogen-bond donors (Lipinski definition) is 0. The molecular weight excluding hydrogens is 360 g/mol. The third-order valence-corrected chi connectivity index (χ3v) is 6.59. The van der Waals surface area contributed by atoms with Crippen molar-refractivity contribution in [2.45, 2.75) is 0 Å². The van der Waals surface area contributed by atoms with Gasteiger partial charge in [0.25, 0.3) is 0 Å². The highest BCUT2D eigenvalue weighted by molar-refractivity contribution is 6.30. The van der Waals surface area contributed by atoms with Crippen molar-refractivity contribution in [3.63, 3.8) is 0 Å². The van der Waals surface area contributed by atoms with E-state index in [4.69, 9.17) is 0 Å². The van der Waals surface area contributed by atoms with E-state index in [1.54, 1.807) is 0 Å². The molecule has 7 aromatic rings. The highest BCUT2D eigenvalue weighted by Gasteiger charge is 2.11. The molecule has 7 aromatic carbocycles. The van der Waals surface area contributed by atoms with Crippen molar-refractivity contribution in [2.24, 2.45) is 0 Å². The maximum atomic E-state index is 2.42. The van der Waals surface area contributed by atoms with Crippen LogP contribution in [0.3, 0.4) is 0 Å². The molecule has 0 aromatic heterocycles. The van der Waals surface area contributed by atoms with E-state index in [1.807, 2.05) is 0 Å². The van der Waals surface area contributed by atoms with Gasteiger partial charge >= 0.3 is 0 Å². The van der Waals surface area contributed by atoms with Crippen molar-refractivity contribution >= 4 is 64.6 Å². The van der Waals surface area contributed by atoms with E-state index >= 15 is 0 Å². The Labute approximate surface area is 174 Å². The number of hydrogen-bond acceptors (Lipinski definition) is 0. The summed E-state index contributed by atoms with van der Waals surface area (Å²) in [5, 5.41) is 15.9. The highest BCUT2D eigenvalue weighted by atomic mass is 14.1. The summed E-state index contributed by atoms with van der Waals surface area (Å²) in [5.41, 5.74) is 0. The molecule has 0 spiro atoms. The summed E-state index contributed by atoms with van der Waals surface area (Å²) in [6.45, 7) is 0. The minimum Gasteiger partial charge on any atom is -0.0616 e. The number of rotatable bonds is 0. The molecule has 0 aliphatic rings. The van der Waals surface area contributed by atoms with E-state index < -0.39 is 0 Å². The molecule has 0 aliphatic carbocycles. The lowest BCUT2D eigenvalue weighted by molar-refractivity contribution is 1.78. The fourth-order valence-corrected chi connectivity index (χ4v) is 5.23. The molecular formula is C30H18. The third-order valence-electron chi connectivity index (χ3n) is 6.59. The Balaban J connectivity index is 1.80. The van der Waals surface area contributed by atoms with Gasteiger partial charge in [-0.05, 0) is 76.8 Å². The molecule has 0 aliphatic heterocycles. The summed E-state index contributed by atoms with van der Waals surface area (Å²) in [5.74, 6) is 0. The van der Waals surface area contributed by atoms with E-state index in [1.165, 1.54) is 64.6 Å². The molecule has 138 valence electrons. The van der Waals surface area contributed by atoms with Crippen LogP contribution in [-0.4, -0.2) is 0 Å². The minimum absolute atomic E-state index is 1.29. The fourth-order valence-electron chi connectivity index (χ4n) is 5.23. The Morgan fingerprint density at radius 2 is 0.733 bits per heavy atom. The molecule has 0 heteroatoms. The van der Waals surface area contributed by atoms with Gasteiger partial charge in [-0.25, -0.2) is 0 Å². The first-order chi connectivity index (χ1) is 14.9. The van der Waals surface area contributed by atoms with Crippen molar-refractivity contribution in [3.05, 3.63) is 109 Å². The predicted molar refractivity (Wildman–Crippen MR) is 131 cm³/mol. The van der Waals surface area contributed by atoms with Crippen molar-refractivity contribution in [1.82, 2.24) is 0 Å². The first-order valence-electron chi connectivity index (χ1n) is 10.5. The van der Waals surface area contributed by atoms with Crippen LogP contribution in [-0.2, 0) is 0 Å². The molecule has 0 bridgehead atoms. The maximum absolute atomic E-state index is 2.42. The van der Waals surface area contributed by atoms with Gasteiger partial charge in [0, 0.05) is 0 Å². The van der Waals surface area contributed by atoms with Crippen LogP contribution in [0.25, 0.3) is 64.6 Å². The van der Waals surface area contributed by atoms with Crippen LogP contribution >= 0.6 is 0 Å². The molecule has 0 heterocycles. The van der Waals surface area contributed by atoms with Gasteiger partial charge in [-0.3, -0.25) is 0 Å². The van der Waals surface area contributed by atoms with Gasteiger partial charge in [0.2, 0.25) is 0 Å². The second kappa shape index (κ2) is 5.81. The third kappa shape index (κ3) is 2.06. The average Bonchev–Trinajstić information content (AvgIpc) is 2.83. The average molecular weight is 378 g/mol. The van der Waals surface area contributed by atoms with E-state index in [0.717, 1.165) is 0 Å². The monoisotopic (exact) mass is 378 g/mol. The van der Waals surface area contributed by atoms with E-state index in [2.05, 4.69) is 109 Å². The predicted octanol–water partition coefficient (Wildman–Crippen LogP) is 8.61. The Morgan fingerprint density at radius 3 is 1.40 bits per heavy atom. The minimum atomic E-state index is 1.29. The second-order valence-electron chi connectivity index (χ2n) is 8.16. The number of fused-ring (bicyclic) bond motifs is 11. The standard InChI is InChI=1S/C30H18/c1-2-8-22-19(7-1)13-14-20-15-16-21-17-28-25-11-5-3-9-23(25)24-10-4-6-12-26(24)29(28)18-27(21)30(20)22/h1-18H. The topological polar surface area (TPSA) is 0 Å². The lowest BCUT2D eigenvalue weighted by Gasteiger charge is -2.13. The Bertz CT molecular complexity index is 1780. The van der Waals surface area contributed by atoms with Gasteiger partial charge < -0.3 is 0 Å². The van der Waals surface area contributed by atoms with Gasteiger partial charge in [0.05, 0.1) is 0 Å². The lowest BCUT2D eigenvalue weighted by atomic mass is 9.90. The van der Waals surface area contributed by atoms with Crippen molar-refractivity contribution in [1.29, 1.82) is 0 Å². The zero-order valence-electron chi connectivity index (χ0n) is 16.4. The summed E-state index contributed by atoms with van der Waals surface area (Å²) in [4.78, 5) is 0. The molecule has 0 amide bonds. The smallest absolute Gasteiger partial charge is 0.00266 e. The SMILES string of the molecule is c1ccc2c(c1)ccc1ccc3cc4c5ccccc5c5ccccc5c4cc3c12. The lowest BCUT2D eigenvalue weighted by Crippen LogP contribution is -1.86. The molecule has 0 nitrogen and oxygen atoms in total. The van der Waals surface area contributed by atoms with Crippen LogP contribution in [0, 0.1) is 0 Å².